The highest BCUT2D eigenvalue weighted by Gasteiger charge is 2.41. The first-order valence-electron chi connectivity index (χ1n) is 8.90. The van der Waals surface area contributed by atoms with E-state index in [1.54, 1.807) is 0 Å². The molecule has 0 saturated heterocycles. The molecule has 1 saturated carbocycles. The normalized spacial score (nSPS) is 15.8. The smallest absolute Gasteiger partial charge is 0.250 e. The summed E-state index contributed by atoms with van der Waals surface area (Å²) >= 11 is 6.05. The highest BCUT2D eigenvalue weighted by atomic mass is 35.5. The second-order valence-electron chi connectivity index (χ2n) is 8.43. The van der Waals surface area contributed by atoms with Gasteiger partial charge in [0.1, 0.15) is 11.3 Å². The maximum absolute atomic E-state index is 6.79. The Bertz CT molecular complexity index is 747. The lowest BCUT2D eigenvalue weighted by atomic mass is 9.99. The fraction of sp³-hybridized carbons (Fsp3) is 0.550. The molecule has 1 aromatic carbocycles. The van der Waals surface area contributed by atoms with Crippen molar-refractivity contribution >= 4 is 30.8 Å². The molecule has 2 nitrogen and oxygen atoms in total. The van der Waals surface area contributed by atoms with Crippen LogP contribution in [0.25, 0.3) is 10.9 Å². The monoisotopic (exact) mass is 361 g/mol. The highest BCUT2D eigenvalue weighted by molar-refractivity contribution is 6.74. The van der Waals surface area contributed by atoms with E-state index in [1.807, 2.05) is 12.3 Å². The third-order valence-electron chi connectivity index (χ3n) is 5.51. The Kier molecular flexibility index (Phi) is 4.69. The number of nitrogens with zero attached hydrogens (tertiary/aromatic N) is 1. The second-order valence-corrected chi connectivity index (χ2v) is 13.5. The molecule has 4 heteroatoms. The maximum Gasteiger partial charge on any atom is 0.250 e. The number of alkyl halides is 1. The van der Waals surface area contributed by atoms with Gasteiger partial charge in [-0.3, -0.25) is 4.98 Å². The van der Waals surface area contributed by atoms with Crippen molar-refractivity contribution in [3.8, 4) is 5.75 Å². The van der Waals surface area contributed by atoms with Gasteiger partial charge in [-0.15, -0.1) is 11.6 Å². The maximum atomic E-state index is 6.79. The molecule has 1 aliphatic carbocycles. The second kappa shape index (κ2) is 6.34. The zero-order valence-corrected chi connectivity index (χ0v) is 17.2. The molecule has 130 valence electrons. The first kappa shape index (κ1) is 17.8. The Morgan fingerprint density at radius 2 is 2.00 bits per heavy atom. The molecule has 0 aliphatic heterocycles. The summed E-state index contributed by atoms with van der Waals surface area (Å²) in [5, 5.41) is 1.36. The summed E-state index contributed by atoms with van der Waals surface area (Å²) in [6, 6.07) is 6.50. The zero-order chi connectivity index (χ0) is 17.5. The first-order valence-corrected chi connectivity index (χ1v) is 12.3. The predicted molar refractivity (Wildman–Crippen MR) is 106 cm³/mol. The standard InChI is InChI=1S/C20H28ClNOSi/c1-20(2,3)24(4,5)23-19-17(14-8-9-14)13-15(10-11-21)16-7-6-12-22-18(16)19/h6-7,12-14H,8-11H2,1-5H3. The minimum atomic E-state index is -1.91. The van der Waals surface area contributed by atoms with Gasteiger partial charge in [0, 0.05) is 17.5 Å². The van der Waals surface area contributed by atoms with Crippen LogP contribution in [-0.2, 0) is 6.42 Å². The number of halogens is 1. The first-order chi connectivity index (χ1) is 11.2. The molecule has 1 aliphatic rings. The largest absolute Gasteiger partial charge is 0.542 e. The molecule has 1 aromatic heterocycles. The molecule has 0 unspecified atom stereocenters. The van der Waals surface area contributed by atoms with E-state index in [2.05, 4.69) is 46.0 Å². The third kappa shape index (κ3) is 3.34. The molecular weight excluding hydrogens is 334 g/mol. The fourth-order valence-electron chi connectivity index (χ4n) is 2.83. The van der Waals surface area contributed by atoms with Crippen LogP contribution in [-0.4, -0.2) is 19.2 Å². The molecule has 1 fully saturated rings. The van der Waals surface area contributed by atoms with Gasteiger partial charge in [-0.2, -0.15) is 0 Å². The summed E-state index contributed by atoms with van der Waals surface area (Å²) in [6.45, 7) is 11.5. The fourth-order valence-corrected chi connectivity index (χ4v) is 4.07. The van der Waals surface area contributed by atoms with Gasteiger partial charge < -0.3 is 4.43 Å². The van der Waals surface area contributed by atoms with E-state index in [1.165, 1.54) is 29.4 Å². The Hall–Kier alpha value is -1.06. The summed E-state index contributed by atoms with van der Waals surface area (Å²) in [7, 11) is -1.91. The molecule has 3 rings (SSSR count). The molecule has 0 radical (unpaired) electrons. The van der Waals surface area contributed by atoms with E-state index in [9.17, 15) is 0 Å². The Morgan fingerprint density at radius 1 is 1.29 bits per heavy atom. The molecule has 0 bridgehead atoms. The molecule has 24 heavy (non-hydrogen) atoms. The predicted octanol–water partition coefficient (Wildman–Crippen LogP) is 6.28. The molecule has 0 amide bonds. The van der Waals surface area contributed by atoms with Gasteiger partial charge in [0.05, 0.1) is 0 Å². The van der Waals surface area contributed by atoms with E-state index in [0.29, 0.717) is 11.8 Å². The number of aryl methyl sites for hydroxylation is 1. The number of pyridine rings is 1. The third-order valence-corrected chi connectivity index (χ3v) is 10.0. The van der Waals surface area contributed by atoms with E-state index in [0.717, 1.165) is 17.7 Å². The number of hydrogen-bond donors (Lipinski definition) is 0. The van der Waals surface area contributed by atoms with Crippen LogP contribution >= 0.6 is 11.6 Å². The highest BCUT2D eigenvalue weighted by Crippen LogP contribution is 2.49. The molecular formula is C20H28ClNOSi. The minimum Gasteiger partial charge on any atom is -0.542 e. The van der Waals surface area contributed by atoms with Crippen LogP contribution in [0.15, 0.2) is 24.4 Å². The Morgan fingerprint density at radius 3 is 2.58 bits per heavy atom. The summed E-state index contributed by atoms with van der Waals surface area (Å²) in [6.07, 6.45) is 5.27. The van der Waals surface area contributed by atoms with Gasteiger partial charge in [-0.25, -0.2) is 0 Å². The number of benzene rings is 1. The van der Waals surface area contributed by atoms with Crippen LogP contribution in [0.1, 0.15) is 50.7 Å². The van der Waals surface area contributed by atoms with Crippen molar-refractivity contribution < 1.29 is 4.43 Å². The average Bonchev–Trinajstić information content (AvgIpc) is 3.33. The van der Waals surface area contributed by atoms with Crippen molar-refractivity contribution in [2.75, 3.05) is 5.88 Å². The molecule has 0 N–H and O–H groups in total. The topological polar surface area (TPSA) is 22.1 Å². The number of aromatic nitrogens is 1. The van der Waals surface area contributed by atoms with Crippen molar-refractivity contribution in [3.05, 3.63) is 35.5 Å². The lowest BCUT2D eigenvalue weighted by Crippen LogP contribution is -2.44. The van der Waals surface area contributed by atoms with Crippen molar-refractivity contribution in [1.29, 1.82) is 0 Å². The van der Waals surface area contributed by atoms with Crippen LogP contribution in [0.2, 0.25) is 18.1 Å². The van der Waals surface area contributed by atoms with Crippen molar-refractivity contribution in [3.63, 3.8) is 0 Å². The minimum absolute atomic E-state index is 0.170. The van der Waals surface area contributed by atoms with Crippen LogP contribution < -0.4 is 4.43 Å². The van der Waals surface area contributed by atoms with Crippen molar-refractivity contribution in [1.82, 2.24) is 4.98 Å². The molecule has 0 spiro atoms. The Balaban J connectivity index is 2.19. The molecule has 0 atom stereocenters. The van der Waals surface area contributed by atoms with E-state index in [-0.39, 0.29) is 5.04 Å². The van der Waals surface area contributed by atoms with Crippen LogP contribution in [0.4, 0.5) is 0 Å². The SMILES string of the molecule is CC(C)(C)[Si](C)(C)Oc1c(C2CC2)cc(CCCl)c2cccnc12. The van der Waals surface area contributed by atoms with E-state index < -0.39 is 8.32 Å². The van der Waals surface area contributed by atoms with E-state index in [4.69, 9.17) is 21.0 Å². The number of fused-ring (bicyclic) bond motifs is 1. The van der Waals surface area contributed by atoms with Gasteiger partial charge >= 0.3 is 0 Å². The van der Waals surface area contributed by atoms with Gasteiger partial charge in [-0.1, -0.05) is 32.9 Å². The lowest BCUT2D eigenvalue weighted by Gasteiger charge is -2.37. The quantitative estimate of drug-likeness (QED) is 0.462. The Labute approximate surface area is 151 Å². The molecule has 1 heterocycles. The van der Waals surface area contributed by atoms with Crippen molar-refractivity contribution in [2.45, 2.75) is 64.1 Å². The lowest BCUT2D eigenvalue weighted by molar-refractivity contribution is 0.490. The van der Waals surface area contributed by atoms with Crippen LogP contribution in [0.3, 0.4) is 0 Å². The van der Waals surface area contributed by atoms with Crippen molar-refractivity contribution in [2.24, 2.45) is 0 Å². The van der Waals surface area contributed by atoms with Gasteiger partial charge in [0.25, 0.3) is 8.32 Å². The van der Waals surface area contributed by atoms with Gasteiger partial charge in [0.2, 0.25) is 0 Å². The number of rotatable bonds is 5. The molecule has 2 aromatic rings. The summed E-state index contributed by atoms with van der Waals surface area (Å²) in [4.78, 5) is 4.72. The zero-order valence-electron chi connectivity index (χ0n) is 15.4. The van der Waals surface area contributed by atoms with Gasteiger partial charge in [0.15, 0.2) is 0 Å². The van der Waals surface area contributed by atoms with E-state index >= 15 is 0 Å². The van der Waals surface area contributed by atoms with Crippen LogP contribution in [0, 0.1) is 0 Å². The number of hydrogen-bond acceptors (Lipinski definition) is 2. The average molecular weight is 362 g/mol. The summed E-state index contributed by atoms with van der Waals surface area (Å²) in [5.74, 6) is 2.31. The summed E-state index contributed by atoms with van der Waals surface area (Å²) < 4.78 is 6.79. The summed E-state index contributed by atoms with van der Waals surface area (Å²) in [5.41, 5.74) is 3.68. The van der Waals surface area contributed by atoms with Gasteiger partial charge in [-0.05, 0) is 60.5 Å². The van der Waals surface area contributed by atoms with Crippen LogP contribution in [0.5, 0.6) is 5.75 Å².